The van der Waals surface area contributed by atoms with Crippen LogP contribution in [0.25, 0.3) is 5.76 Å². The number of carbonyl (C=O) groups excluding carboxylic acids is 2. The molecular weight excluding hydrogens is 418 g/mol. The van der Waals surface area contributed by atoms with Crippen molar-refractivity contribution in [3.05, 3.63) is 64.7 Å². The van der Waals surface area contributed by atoms with Crippen molar-refractivity contribution in [3.8, 4) is 11.5 Å². The zero-order chi connectivity index (χ0) is 22.9. The van der Waals surface area contributed by atoms with E-state index in [4.69, 9.17) is 9.47 Å². The Labute approximate surface area is 193 Å². The summed E-state index contributed by atoms with van der Waals surface area (Å²) < 4.78 is 11.3. The van der Waals surface area contributed by atoms with Crippen molar-refractivity contribution in [2.45, 2.75) is 57.0 Å². The van der Waals surface area contributed by atoms with E-state index in [0.717, 1.165) is 56.3 Å². The van der Waals surface area contributed by atoms with Crippen LogP contribution in [0.5, 0.6) is 11.5 Å². The number of carbonyl (C=O) groups is 2. The molecule has 1 aliphatic carbocycles. The van der Waals surface area contributed by atoms with Crippen molar-refractivity contribution in [3.63, 3.8) is 0 Å². The molecule has 2 fully saturated rings. The van der Waals surface area contributed by atoms with Crippen molar-refractivity contribution in [2.24, 2.45) is 0 Å². The fraction of sp³-hybridized carbons (Fsp3) is 0.407. The predicted octanol–water partition coefficient (Wildman–Crippen LogP) is 4.77. The number of rotatable bonds is 4. The number of likely N-dealkylation sites (tertiary alicyclic amines) is 1. The first-order valence-electron chi connectivity index (χ1n) is 11.8. The Balaban J connectivity index is 1.67. The highest BCUT2D eigenvalue weighted by molar-refractivity contribution is 6.46. The molecule has 1 amide bonds. The summed E-state index contributed by atoms with van der Waals surface area (Å²) in [5.74, 6) is 0.0798. The highest BCUT2D eigenvalue weighted by Crippen LogP contribution is 2.45. The van der Waals surface area contributed by atoms with Crippen LogP contribution in [0.1, 0.15) is 61.3 Å². The predicted molar refractivity (Wildman–Crippen MR) is 124 cm³/mol. The molecule has 1 N–H and O–H groups in total. The molecule has 2 aromatic rings. The Morgan fingerprint density at radius 2 is 1.85 bits per heavy atom. The summed E-state index contributed by atoms with van der Waals surface area (Å²) in [7, 11) is 1.58. The molecule has 3 aliphatic rings. The van der Waals surface area contributed by atoms with Crippen LogP contribution in [0.4, 0.5) is 0 Å². The molecule has 33 heavy (non-hydrogen) atoms. The normalized spacial score (nSPS) is 22.7. The van der Waals surface area contributed by atoms with Crippen LogP contribution in [-0.2, 0) is 16.0 Å². The minimum absolute atomic E-state index is 0.0349. The van der Waals surface area contributed by atoms with E-state index >= 15 is 0 Å². The van der Waals surface area contributed by atoms with Gasteiger partial charge in [-0.25, -0.2) is 0 Å². The quantitative estimate of drug-likeness (QED) is 0.415. The summed E-state index contributed by atoms with van der Waals surface area (Å²) >= 11 is 0. The van der Waals surface area contributed by atoms with Gasteiger partial charge in [0.15, 0.2) is 0 Å². The van der Waals surface area contributed by atoms with Crippen LogP contribution in [0.15, 0.2) is 48.0 Å². The third-order valence-electron chi connectivity index (χ3n) is 7.06. The maximum absolute atomic E-state index is 13.4. The number of ketones is 1. The van der Waals surface area contributed by atoms with Gasteiger partial charge in [0, 0.05) is 17.2 Å². The van der Waals surface area contributed by atoms with E-state index in [1.807, 2.05) is 36.4 Å². The summed E-state index contributed by atoms with van der Waals surface area (Å²) in [5.41, 5.74) is 2.38. The van der Waals surface area contributed by atoms with E-state index in [1.54, 1.807) is 18.1 Å². The zero-order valence-corrected chi connectivity index (χ0v) is 18.9. The number of para-hydroxylation sites is 1. The molecule has 2 aliphatic heterocycles. The number of hydrogen-bond donors (Lipinski definition) is 1. The lowest BCUT2D eigenvalue weighted by atomic mass is 9.90. The van der Waals surface area contributed by atoms with Crippen molar-refractivity contribution >= 4 is 17.4 Å². The molecule has 0 spiro atoms. The fourth-order valence-electron chi connectivity index (χ4n) is 5.45. The molecule has 0 aromatic heterocycles. The smallest absolute Gasteiger partial charge is 0.295 e. The average Bonchev–Trinajstić information content (AvgIpc) is 3.13. The summed E-state index contributed by atoms with van der Waals surface area (Å²) in [5, 5.41) is 11.4. The highest BCUT2D eigenvalue weighted by atomic mass is 16.5. The maximum atomic E-state index is 13.4. The summed E-state index contributed by atoms with van der Waals surface area (Å²) in [6.45, 7) is 0.679. The monoisotopic (exact) mass is 447 g/mol. The molecule has 1 saturated heterocycles. The Morgan fingerprint density at radius 3 is 2.64 bits per heavy atom. The largest absolute Gasteiger partial charge is 0.507 e. The van der Waals surface area contributed by atoms with Gasteiger partial charge in [0.05, 0.1) is 25.3 Å². The van der Waals surface area contributed by atoms with Crippen molar-refractivity contribution in [1.82, 2.24) is 4.90 Å². The van der Waals surface area contributed by atoms with Gasteiger partial charge in [-0.2, -0.15) is 0 Å². The zero-order valence-electron chi connectivity index (χ0n) is 18.9. The van der Waals surface area contributed by atoms with E-state index in [-0.39, 0.29) is 17.4 Å². The Bertz CT molecular complexity index is 1120. The van der Waals surface area contributed by atoms with Gasteiger partial charge in [-0.1, -0.05) is 37.5 Å². The van der Waals surface area contributed by atoms with Gasteiger partial charge in [0.25, 0.3) is 11.7 Å². The van der Waals surface area contributed by atoms with Crippen LogP contribution in [-0.4, -0.2) is 41.5 Å². The van der Waals surface area contributed by atoms with E-state index in [2.05, 4.69) is 0 Å². The minimum atomic E-state index is -0.684. The molecule has 0 radical (unpaired) electrons. The molecule has 6 heteroatoms. The van der Waals surface area contributed by atoms with E-state index in [9.17, 15) is 14.7 Å². The van der Waals surface area contributed by atoms with E-state index in [1.165, 1.54) is 0 Å². The second kappa shape index (κ2) is 8.93. The number of benzene rings is 2. The van der Waals surface area contributed by atoms with Gasteiger partial charge in [-0.15, -0.1) is 0 Å². The van der Waals surface area contributed by atoms with Crippen LogP contribution in [0.2, 0.25) is 0 Å². The number of methoxy groups -OCH3 is 1. The molecule has 2 aromatic carbocycles. The lowest BCUT2D eigenvalue weighted by molar-refractivity contribution is -0.141. The first-order valence-corrected chi connectivity index (χ1v) is 11.8. The molecule has 6 nitrogen and oxygen atoms in total. The third-order valence-corrected chi connectivity index (χ3v) is 7.06. The topological polar surface area (TPSA) is 76.1 Å². The van der Waals surface area contributed by atoms with Crippen LogP contribution < -0.4 is 9.47 Å². The second-order valence-corrected chi connectivity index (χ2v) is 9.01. The van der Waals surface area contributed by atoms with E-state index < -0.39 is 17.7 Å². The Hall–Kier alpha value is -3.28. The number of Topliss-reactive ketones (excluding diaryl/α,β-unsaturated/α-hetero) is 1. The molecule has 1 saturated carbocycles. The fourth-order valence-corrected chi connectivity index (χ4v) is 5.45. The van der Waals surface area contributed by atoms with Gasteiger partial charge in [-0.3, -0.25) is 9.59 Å². The van der Waals surface area contributed by atoms with Crippen molar-refractivity contribution < 1.29 is 24.2 Å². The molecule has 172 valence electrons. The van der Waals surface area contributed by atoms with Gasteiger partial charge >= 0.3 is 0 Å². The van der Waals surface area contributed by atoms with Crippen LogP contribution in [0.3, 0.4) is 0 Å². The molecule has 2 heterocycles. The maximum Gasteiger partial charge on any atom is 0.295 e. The van der Waals surface area contributed by atoms with Gasteiger partial charge in [-0.05, 0) is 55.5 Å². The lowest BCUT2D eigenvalue weighted by Gasteiger charge is -2.35. The van der Waals surface area contributed by atoms with Crippen LogP contribution in [0, 0.1) is 0 Å². The minimum Gasteiger partial charge on any atom is -0.507 e. The molecule has 1 unspecified atom stereocenters. The molecule has 0 bridgehead atoms. The Morgan fingerprint density at radius 1 is 1.06 bits per heavy atom. The number of aliphatic hydroxyl groups is 1. The number of amides is 1. The highest BCUT2D eigenvalue weighted by Gasteiger charge is 2.49. The van der Waals surface area contributed by atoms with Gasteiger partial charge in [0.2, 0.25) is 0 Å². The summed E-state index contributed by atoms with van der Waals surface area (Å²) in [6.07, 6.45) is 6.66. The average molecular weight is 448 g/mol. The number of fused-ring (bicyclic) bond motifs is 1. The standard InChI is InChI=1S/C27H29NO5/c1-32-22-12-6-5-11-20(22)24-23(26(30)27(31)28(24)19-9-3-2-4-10-19)25(29)18-13-14-21-17(16-18)8-7-15-33-21/h5-6,11-14,16,19,24,29H,2-4,7-10,15H2,1H3/b25-23+. The third kappa shape index (κ3) is 3.77. The number of aryl methyl sites for hydroxylation is 1. The number of aliphatic hydroxyl groups excluding tert-OH is 1. The number of nitrogens with zero attached hydrogens (tertiary/aromatic N) is 1. The Kier molecular flexibility index (Phi) is 5.83. The molecule has 5 rings (SSSR count). The summed E-state index contributed by atoms with van der Waals surface area (Å²) in [4.78, 5) is 28.4. The lowest BCUT2D eigenvalue weighted by Crippen LogP contribution is -2.40. The number of hydrogen-bond acceptors (Lipinski definition) is 5. The first kappa shape index (κ1) is 21.6. The summed E-state index contributed by atoms with van der Waals surface area (Å²) in [6, 6.07) is 12.2. The van der Waals surface area contributed by atoms with E-state index in [0.29, 0.717) is 23.5 Å². The SMILES string of the molecule is COc1ccccc1C1/C(=C(\O)c2ccc3c(c2)CCCO3)C(=O)C(=O)N1C1CCCCC1. The van der Waals surface area contributed by atoms with Crippen molar-refractivity contribution in [2.75, 3.05) is 13.7 Å². The van der Waals surface area contributed by atoms with Gasteiger partial charge < -0.3 is 19.5 Å². The van der Waals surface area contributed by atoms with Crippen molar-refractivity contribution in [1.29, 1.82) is 0 Å². The second-order valence-electron chi connectivity index (χ2n) is 9.01. The van der Waals surface area contributed by atoms with Gasteiger partial charge in [0.1, 0.15) is 17.3 Å². The number of ether oxygens (including phenoxy) is 2. The van der Waals surface area contributed by atoms with Crippen LogP contribution >= 0.6 is 0 Å². The molecule has 1 atom stereocenters. The first-order chi connectivity index (χ1) is 16.1. The molecular formula is C27H29NO5.